The number of aliphatic carboxylic acids is 1. The molecule has 0 aromatic rings. The highest BCUT2D eigenvalue weighted by molar-refractivity contribution is 7.89. The van der Waals surface area contributed by atoms with E-state index in [1.165, 1.54) is 0 Å². The summed E-state index contributed by atoms with van der Waals surface area (Å²) < 4.78 is 29.4. The minimum atomic E-state index is -3.89. The molecule has 1 atom stereocenters. The van der Waals surface area contributed by atoms with Gasteiger partial charge in [0.25, 0.3) is 0 Å². The fraction of sp³-hybridized carbons (Fsp3) is 0.600. The smallest absolute Gasteiger partial charge is 0.322 e. The zero-order valence-corrected chi connectivity index (χ0v) is 10.7. The Kier molecular flexibility index (Phi) is 7.00. The van der Waals surface area contributed by atoms with Crippen LogP contribution < -0.4 is 4.72 Å². The van der Waals surface area contributed by atoms with Crippen molar-refractivity contribution in [2.75, 3.05) is 12.4 Å². The van der Waals surface area contributed by atoms with Crippen molar-refractivity contribution in [3.63, 3.8) is 0 Å². The number of carbonyl (C=O) groups excluding carboxylic acids is 1. The molecule has 0 aliphatic carbocycles. The topological polar surface area (TPSA) is 110 Å². The van der Waals surface area contributed by atoms with Crippen LogP contribution in [0.2, 0.25) is 0 Å². The van der Waals surface area contributed by atoms with Crippen LogP contribution in [-0.4, -0.2) is 43.9 Å². The second-order valence-electron chi connectivity index (χ2n) is 3.29. The Morgan fingerprint density at radius 1 is 1.50 bits per heavy atom. The standard InChI is InChI=1S/C10H15NO6S/c1-3-5-8(10(13)14)11-18(15,16)7-6-9(12)17-4-2/h1,8,11H,4-7H2,2H3,(H,13,14). The molecule has 0 aromatic carbocycles. The molecular weight excluding hydrogens is 262 g/mol. The molecule has 0 rings (SSSR count). The highest BCUT2D eigenvalue weighted by atomic mass is 32.2. The molecule has 0 aliphatic heterocycles. The van der Waals surface area contributed by atoms with E-state index in [1.54, 1.807) is 6.92 Å². The van der Waals surface area contributed by atoms with Crippen molar-refractivity contribution in [1.29, 1.82) is 0 Å². The summed E-state index contributed by atoms with van der Waals surface area (Å²) in [5, 5.41) is 8.72. The molecule has 2 N–H and O–H groups in total. The van der Waals surface area contributed by atoms with Gasteiger partial charge in [0.05, 0.1) is 18.8 Å². The molecule has 0 fully saturated rings. The molecule has 0 aromatic heterocycles. The minimum Gasteiger partial charge on any atom is -0.480 e. The Morgan fingerprint density at radius 2 is 2.11 bits per heavy atom. The number of carbonyl (C=O) groups is 2. The number of rotatable bonds is 8. The predicted molar refractivity (Wildman–Crippen MR) is 63.0 cm³/mol. The maximum atomic E-state index is 11.5. The number of carboxylic acid groups (broad SMARTS) is 1. The van der Waals surface area contributed by atoms with E-state index in [1.807, 2.05) is 4.72 Å². The normalized spacial score (nSPS) is 12.4. The SMILES string of the molecule is C#CCC(NS(=O)(=O)CCC(=O)OCC)C(=O)O. The predicted octanol–water partition coefficient (Wildman–Crippen LogP) is -0.664. The van der Waals surface area contributed by atoms with Gasteiger partial charge in [0.15, 0.2) is 0 Å². The van der Waals surface area contributed by atoms with Gasteiger partial charge < -0.3 is 9.84 Å². The van der Waals surface area contributed by atoms with E-state index in [0.717, 1.165) is 0 Å². The Labute approximate surface area is 106 Å². The van der Waals surface area contributed by atoms with Gasteiger partial charge in [-0.15, -0.1) is 12.3 Å². The van der Waals surface area contributed by atoms with Crippen molar-refractivity contribution >= 4 is 22.0 Å². The maximum Gasteiger partial charge on any atom is 0.322 e. The van der Waals surface area contributed by atoms with Gasteiger partial charge in [0.2, 0.25) is 10.0 Å². The zero-order chi connectivity index (χ0) is 14.2. The maximum absolute atomic E-state index is 11.5. The van der Waals surface area contributed by atoms with Crippen molar-refractivity contribution in [3.05, 3.63) is 0 Å². The van der Waals surface area contributed by atoms with Crippen LogP contribution in [0.15, 0.2) is 0 Å². The Bertz CT molecular complexity index is 436. The quantitative estimate of drug-likeness (QED) is 0.450. The van der Waals surface area contributed by atoms with Gasteiger partial charge in [-0.05, 0) is 6.92 Å². The molecule has 0 saturated heterocycles. The van der Waals surface area contributed by atoms with Crippen molar-refractivity contribution in [3.8, 4) is 12.3 Å². The van der Waals surface area contributed by atoms with Crippen LogP contribution in [0.4, 0.5) is 0 Å². The molecular formula is C10H15NO6S. The lowest BCUT2D eigenvalue weighted by Crippen LogP contribution is -2.41. The summed E-state index contributed by atoms with van der Waals surface area (Å²) in [7, 11) is -3.89. The Balaban J connectivity index is 4.42. The molecule has 8 heteroatoms. The summed E-state index contributed by atoms with van der Waals surface area (Å²) >= 11 is 0. The molecule has 0 aliphatic rings. The Morgan fingerprint density at radius 3 is 2.56 bits per heavy atom. The lowest BCUT2D eigenvalue weighted by molar-refractivity contribution is -0.142. The highest BCUT2D eigenvalue weighted by Crippen LogP contribution is 1.98. The fourth-order valence-electron chi connectivity index (χ4n) is 1.02. The third-order valence-electron chi connectivity index (χ3n) is 1.82. The van der Waals surface area contributed by atoms with E-state index in [2.05, 4.69) is 10.7 Å². The zero-order valence-electron chi connectivity index (χ0n) is 9.88. The second-order valence-corrected chi connectivity index (χ2v) is 5.16. The minimum absolute atomic E-state index is 0.154. The lowest BCUT2D eigenvalue weighted by Gasteiger charge is -2.11. The summed E-state index contributed by atoms with van der Waals surface area (Å²) in [5.41, 5.74) is 0. The molecule has 0 heterocycles. The third kappa shape index (κ3) is 6.88. The first-order valence-corrected chi connectivity index (χ1v) is 6.79. The summed E-state index contributed by atoms with van der Waals surface area (Å²) in [6.07, 6.45) is 4.31. The lowest BCUT2D eigenvalue weighted by atomic mass is 10.2. The van der Waals surface area contributed by atoms with Crippen molar-refractivity contribution in [2.24, 2.45) is 0 Å². The largest absolute Gasteiger partial charge is 0.480 e. The van der Waals surface area contributed by atoms with E-state index >= 15 is 0 Å². The van der Waals surface area contributed by atoms with E-state index in [4.69, 9.17) is 11.5 Å². The van der Waals surface area contributed by atoms with E-state index in [-0.39, 0.29) is 19.4 Å². The molecule has 0 saturated carbocycles. The van der Waals surface area contributed by atoms with Gasteiger partial charge in [-0.2, -0.15) is 4.72 Å². The van der Waals surface area contributed by atoms with Crippen LogP contribution in [0, 0.1) is 12.3 Å². The summed E-state index contributed by atoms with van der Waals surface area (Å²) in [6, 6.07) is -1.39. The first kappa shape index (κ1) is 16.4. The van der Waals surface area contributed by atoms with E-state index in [0.29, 0.717) is 0 Å². The molecule has 102 valence electrons. The van der Waals surface area contributed by atoms with Gasteiger partial charge >= 0.3 is 11.9 Å². The van der Waals surface area contributed by atoms with Crippen LogP contribution in [0.1, 0.15) is 19.8 Å². The number of esters is 1. The van der Waals surface area contributed by atoms with Crippen LogP contribution in [-0.2, 0) is 24.3 Å². The number of terminal acetylenes is 1. The van der Waals surface area contributed by atoms with Gasteiger partial charge in [-0.25, -0.2) is 8.42 Å². The van der Waals surface area contributed by atoms with Gasteiger partial charge in [-0.3, -0.25) is 9.59 Å². The summed E-state index contributed by atoms with van der Waals surface area (Å²) in [6.45, 7) is 1.75. The molecule has 7 nitrogen and oxygen atoms in total. The number of hydrogen-bond donors (Lipinski definition) is 2. The van der Waals surface area contributed by atoms with Crippen molar-refractivity contribution < 1.29 is 27.9 Å². The second kappa shape index (κ2) is 7.68. The van der Waals surface area contributed by atoms with Crippen LogP contribution in [0.25, 0.3) is 0 Å². The van der Waals surface area contributed by atoms with Crippen molar-refractivity contribution in [1.82, 2.24) is 4.72 Å². The number of hydrogen-bond acceptors (Lipinski definition) is 5. The van der Waals surface area contributed by atoms with Gasteiger partial charge in [0, 0.05) is 6.42 Å². The third-order valence-corrected chi connectivity index (χ3v) is 3.21. The molecule has 0 spiro atoms. The average Bonchev–Trinajstić information content (AvgIpc) is 2.26. The van der Waals surface area contributed by atoms with E-state index < -0.39 is 33.8 Å². The monoisotopic (exact) mass is 277 g/mol. The summed E-state index contributed by atoms with van der Waals surface area (Å²) in [5.74, 6) is -0.512. The number of sulfonamides is 1. The number of nitrogens with one attached hydrogen (secondary N) is 1. The fourth-order valence-corrected chi connectivity index (χ4v) is 2.19. The molecule has 18 heavy (non-hydrogen) atoms. The highest BCUT2D eigenvalue weighted by Gasteiger charge is 2.23. The Hall–Kier alpha value is -1.59. The van der Waals surface area contributed by atoms with Gasteiger partial charge in [-0.1, -0.05) is 0 Å². The molecule has 0 amide bonds. The summed E-state index contributed by atoms with van der Waals surface area (Å²) in [4.78, 5) is 21.7. The number of carboxylic acids is 1. The van der Waals surface area contributed by atoms with Gasteiger partial charge in [0.1, 0.15) is 6.04 Å². The molecule has 1 unspecified atom stereocenters. The van der Waals surface area contributed by atoms with Crippen LogP contribution >= 0.6 is 0 Å². The first-order chi connectivity index (χ1) is 8.32. The van der Waals surface area contributed by atoms with Crippen molar-refractivity contribution in [2.45, 2.75) is 25.8 Å². The van der Waals surface area contributed by atoms with E-state index in [9.17, 15) is 18.0 Å². The van der Waals surface area contributed by atoms with Crippen LogP contribution in [0.5, 0.6) is 0 Å². The molecule has 0 radical (unpaired) electrons. The number of ether oxygens (including phenoxy) is 1. The molecule has 0 bridgehead atoms. The first-order valence-electron chi connectivity index (χ1n) is 5.14. The average molecular weight is 277 g/mol. The van der Waals surface area contributed by atoms with Crippen LogP contribution in [0.3, 0.4) is 0 Å².